The second kappa shape index (κ2) is 6.45. The lowest BCUT2D eigenvalue weighted by Gasteiger charge is -2.02. The Hall–Kier alpha value is -1.26. The third kappa shape index (κ3) is 5.52. The topological polar surface area (TPSA) is 106 Å². The normalized spacial score (nSPS) is 11.8. The van der Waals surface area contributed by atoms with Gasteiger partial charge in [-0.15, -0.1) is 0 Å². The van der Waals surface area contributed by atoms with Crippen LogP contribution in [0.2, 0.25) is 0 Å². The molecule has 0 aromatic carbocycles. The minimum atomic E-state index is -1.30. The number of carboxylic acids is 1. The van der Waals surface area contributed by atoms with Gasteiger partial charge in [0.2, 0.25) is 0 Å². The van der Waals surface area contributed by atoms with Crippen LogP contribution >= 0.6 is 0 Å². The second-order valence-electron chi connectivity index (χ2n) is 2.30. The van der Waals surface area contributed by atoms with Crippen LogP contribution in [-0.4, -0.2) is 28.8 Å². The molecule has 1 atom stereocenters. The molecule has 6 heteroatoms. The molecule has 0 aliphatic carbocycles. The fourth-order valence-electron chi connectivity index (χ4n) is 0.688. The molecule has 0 aliphatic heterocycles. The van der Waals surface area contributed by atoms with E-state index in [0.717, 1.165) is 0 Å². The highest BCUT2D eigenvalue weighted by Crippen LogP contribution is 2.00. The third-order valence-corrected chi connectivity index (χ3v) is 1.33. The van der Waals surface area contributed by atoms with Gasteiger partial charge >= 0.3 is 5.97 Å². The third-order valence-electron chi connectivity index (χ3n) is 1.33. The van der Waals surface area contributed by atoms with E-state index in [2.05, 4.69) is 10.0 Å². The lowest BCUT2D eigenvalue weighted by atomic mass is 10.1. The fraction of sp³-hybridized carbons (Fsp3) is 0.833. The molecule has 12 heavy (non-hydrogen) atoms. The van der Waals surface area contributed by atoms with Gasteiger partial charge in [-0.3, -0.25) is 0 Å². The van der Waals surface area contributed by atoms with Crippen LogP contribution in [0.5, 0.6) is 0 Å². The highest BCUT2D eigenvalue weighted by Gasteiger charge is 2.11. The molecule has 68 valence electrons. The van der Waals surface area contributed by atoms with Crippen LogP contribution in [0.3, 0.4) is 0 Å². The molecule has 0 radical (unpaired) electrons. The SMILES string of the molecule is [N-]=[N+]=NCCCC[C@H](O)C(=O)O. The number of azide groups is 1. The van der Waals surface area contributed by atoms with Crippen molar-refractivity contribution in [3.8, 4) is 0 Å². The van der Waals surface area contributed by atoms with Gasteiger partial charge in [-0.2, -0.15) is 0 Å². The maximum absolute atomic E-state index is 10.1. The molecule has 0 bridgehead atoms. The predicted molar refractivity (Wildman–Crippen MR) is 41.5 cm³/mol. The molecule has 0 heterocycles. The average molecular weight is 173 g/mol. The number of nitrogens with zero attached hydrogens (tertiary/aromatic N) is 3. The molecule has 0 aliphatic rings. The fourth-order valence-corrected chi connectivity index (χ4v) is 0.688. The molecule has 0 rings (SSSR count). The van der Waals surface area contributed by atoms with Gasteiger partial charge < -0.3 is 10.2 Å². The van der Waals surface area contributed by atoms with E-state index in [1.807, 2.05) is 0 Å². The maximum atomic E-state index is 10.1. The molecule has 0 aromatic rings. The molecule has 0 fully saturated rings. The lowest BCUT2D eigenvalue weighted by Crippen LogP contribution is -2.18. The minimum absolute atomic E-state index is 0.205. The van der Waals surface area contributed by atoms with E-state index >= 15 is 0 Å². The van der Waals surface area contributed by atoms with Gasteiger partial charge in [0.25, 0.3) is 0 Å². The van der Waals surface area contributed by atoms with Crippen LogP contribution < -0.4 is 0 Å². The van der Waals surface area contributed by atoms with E-state index in [1.165, 1.54) is 0 Å². The van der Waals surface area contributed by atoms with E-state index < -0.39 is 12.1 Å². The molecule has 0 aromatic heterocycles. The number of hydrogen-bond donors (Lipinski definition) is 2. The number of aliphatic hydroxyl groups is 1. The first-order valence-electron chi connectivity index (χ1n) is 3.60. The summed E-state index contributed by atoms with van der Waals surface area (Å²) in [4.78, 5) is 12.6. The van der Waals surface area contributed by atoms with Gasteiger partial charge in [0.15, 0.2) is 6.10 Å². The number of aliphatic carboxylic acids is 1. The Morgan fingerprint density at radius 1 is 1.58 bits per heavy atom. The molecule has 6 nitrogen and oxygen atoms in total. The summed E-state index contributed by atoms with van der Waals surface area (Å²) in [5.41, 5.74) is 7.88. The van der Waals surface area contributed by atoms with E-state index in [4.69, 9.17) is 15.7 Å². The Morgan fingerprint density at radius 2 is 2.25 bits per heavy atom. The Morgan fingerprint density at radius 3 is 2.75 bits per heavy atom. The van der Waals surface area contributed by atoms with Crippen molar-refractivity contribution in [2.24, 2.45) is 5.11 Å². The van der Waals surface area contributed by atoms with Crippen molar-refractivity contribution in [2.45, 2.75) is 25.4 Å². The number of unbranched alkanes of at least 4 members (excludes halogenated alkanes) is 1. The van der Waals surface area contributed by atoms with Crippen molar-refractivity contribution in [3.63, 3.8) is 0 Å². The maximum Gasteiger partial charge on any atom is 0.332 e. The zero-order valence-corrected chi connectivity index (χ0v) is 6.55. The Balaban J connectivity index is 3.31. The summed E-state index contributed by atoms with van der Waals surface area (Å²) >= 11 is 0. The van der Waals surface area contributed by atoms with E-state index in [-0.39, 0.29) is 6.42 Å². The minimum Gasteiger partial charge on any atom is -0.479 e. The zero-order valence-electron chi connectivity index (χ0n) is 6.55. The molecular formula is C6H11N3O3. The van der Waals surface area contributed by atoms with Crippen molar-refractivity contribution in [3.05, 3.63) is 10.4 Å². The average Bonchev–Trinajstić information content (AvgIpc) is 2.03. The molecule has 0 saturated carbocycles. The summed E-state index contributed by atoms with van der Waals surface area (Å²) in [6, 6.07) is 0. The van der Waals surface area contributed by atoms with Crippen LogP contribution in [0.15, 0.2) is 5.11 Å². The smallest absolute Gasteiger partial charge is 0.332 e. The van der Waals surface area contributed by atoms with Crippen LogP contribution in [0, 0.1) is 0 Å². The van der Waals surface area contributed by atoms with Crippen LogP contribution in [0.4, 0.5) is 0 Å². The quantitative estimate of drug-likeness (QED) is 0.270. The lowest BCUT2D eigenvalue weighted by molar-refractivity contribution is -0.146. The largest absolute Gasteiger partial charge is 0.479 e. The van der Waals surface area contributed by atoms with Crippen LogP contribution in [-0.2, 0) is 4.79 Å². The molecule has 0 unspecified atom stereocenters. The molecular weight excluding hydrogens is 162 g/mol. The zero-order chi connectivity index (χ0) is 9.40. The van der Waals surface area contributed by atoms with E-state index in [9.17, 15) is 4.79 Å². The van der Waals surface area contributed by atoms with Crippen LogP contribution in [0.25, 0.3) is 10.4 Å². The Bertz CT molecular complexity index is 188. The summed E-state index contributed by atoms with van der Waals surface area (Å²) in [6.07, 6.45) is 0.0630. The number of carbonyl (C=O) groups is 1. The summed E-state index contributed by atoms with van der Waals surface area (Å²) in [7, 11) is 0. The first kappa shape index (κ1) is 10.7. The number of rotatable bonds is 6. The standard InChI is InChI=1S/C6H11N3O3/c7-9-8-4-2-1-3-5(10)6(11)12/h5,10H,1-4H2,(H,11,12)/t5-/m0/s1. The van der Waals surface area contributed by atoms with Gasteiger partial charge in [0.1, 0.15) is 0 Å². The van der Waals surface area contributed by atoms with Gasteiger partial charge in [-0.1, -0.05) is 11.5 Å². The molecule has 0 saturated heterocycles. The van der Waals surface area contributed by atoms with Crippen molar-refractivity contribution in [1.82, 2.24) is 0 Å². The van der Waals surface area contributed by atoms with Gasteiger partial charge in [-0.25, -0.2) is 4.79 Å². The van der Waals surface area contributed by atoms with Crippen molar-refractivity contribution in [2.75, 3.05) is 6.54 Å². The highest BCUT2D eigenvalue weighted by molar-refractivity contribution is 5.71. The first-order valence-corrected chi connectivity index (χ1v) is 3.60. The number of aliphatic hydroxyl groups excluding tert-OH is 1. The molecule has 0 spiro atoms. The summed E-state index contributed by atoms with van der Waals surface area (Å²) in [5, 5.41) is 20.3. The van der Waals surface area contributed by atoms with E-state index in [1.54, 1.807) is 0 Å². The van der Waals surface area contributed by atoms with Gasteiger partial charge in [-0.05, 0) is 18.4 Å². The second-order valence-corrected chi connectivity index (χ2v) is 2.30. The summed E-state index contributed by atoms with van der Waals surface area (Å²) in [6.45, 7) is 0.350. The van der Waals surface area contributed by atoms with Gasteiger partial charge in [0.05, 0.1) is 0 Å². The summed E-state index contributed by atoms with van der Waals surface area (Å²) in [5.74, 6) is -1.21. The van der Waals surface area contributed by atoms with Gasteiger partial charge in [0, 0.05) is 11.5 Å². The number of carboxylic acid groups (broad SMARTS) is 1. The predicted octanol–water partition coefficient (Wildman–Crippen LogP) is 0.912. The Labute approximate surface area is 69.4 Å². The first-order chi connectivity index (χ1) is 5.68. The van der Waals surface area contributed by atoms with Crippen LogP contribution in [0.1, 0.15) is 19.3 Å². The molecule has 0 amide bonds. The molecule has 2 N–H and O–H groups in total. The Kier molecular flexibility index (Phi) is 5.77. The van der Waals surface area contributed by atoms with Crippen molar-refractivity contribution in [1.29, 1.82) is 0 Å². The monoisotopic (exact) mass is 173 g/mol. The van der Waals surface area contributed by atoms with Crippen molar-refractivity contribution < 1.29 is 15.0 Å². The van der Waals surface area contributed by atoms with E-state index in [0.29, 0.717) is 19.4 Å². The van der Waals surface area contributed by atoms with Crippen molar-refractivity contribution >= 4 is 5.97 Å². The highest BCUT2D eigenvalue weighted by atomic mass is 16.4. The summed E-state index contributed by atoms with van der Waals surface area (Å²) < 4.78 is 0. The number of hydrogen-bond acceptors (Lipinski definition) is 3.